The second-order valence-corrected chi connectivity index (χ2v) is 8.06. The van der Waals surface area contributed by atoms with E-state index < -0.39 is 0 Å². The van der Waals surface area contributed by atoms with Crippen LogP contribution in [0.1, 0.15) is 36.5 Å². The number of halogens is 1. The Hall–Kier alpha value is -3.12. The van der Waals surface area contributed by atoms with E-state index in [-0.39, 0.29) is 0 Å². The van der Waals surface area contributed by atoms with Gasteiger partial charge in [0, 0.05) is 21.2 Å². The molecule has 0 unspecified atom stereocenters. The highest BCUT2D eigenvalue weighted by Gasteiger charge is 2.18. The largest absolute Gasteiger partial charge is 0.497 e. The van der Waals surface area contributed by atoms with E-state index >= 15 is 0 Å². The molecule has 0 aliphatic carbocycles. The average Bonchev–Trinajstić information content (AvgIpc) is 2.99. The number of hydrogen-bond donors (Lipinski definition) is 1. The van der Waals surface area contributed by atoms with Gasteiger partial charge in [-0.15, -0.1) is 0 Å². The van der Waals surface area contributed by atoms with Gasteiger partial charge in [0.2, 0.25) is 0 Å². The van der Waals surface area contributed by atoms with Crippen molar-refractivity contribution in [1.29, 1.82) is 0 Å². The summed E-state index contributed by atoms with van der Waals surface area (Å²) in [5.41, 5.74) is 7.60. The normalized spacial score (nSPS) is 12.7. The summed E-state index contributed by atoms with van der Waals surface area (Å²) in [5, 5.41) is 4.72. The van der Waals surface area contributed by atoms with Gasteiger partial charge in [0.1, 0.15) is 17.2 Å². The van der Waals surface area contributed by atoms with Crippen LogP contribution in [0.3, 0.4) is 0 Å². The maximum atomic E-state index is 5.80. The summed E-state index contributed by atoms with van der Waals surface area (Å²) in [4.78, 5) is 4.85. The van der Waals surface area contributed by atoms with Gasteiger partial charge in [-0.2, -0.15) is 5.10 Å². The third-order valence-electron chi connectivity index (χ3n) is 4.98. The quantitative estimate of drug-likeness (QED) is 0.420. The summed E-state index contributed by atoms with van der Waals surface area (Å²) in [6.07, 6.45) is 2.15. The molecule has 0 saturated heterocycles. The van der Waals surface area contributed by atoms with Crippen LogP contribution in [0.4, 0.5) is 5.69 Å². The van der Waals surface area contributed by atoms with Gasteiger partial charge >= 0.3 is 0 Å². The van der Waals surface area contributed by atoms with Gasteiger partial charge in [-0.3, -0.25) is 5.43 Å². The van der Waals surface area contributed by atoms with Crippen LogP contribution in [-0.2, 0) is 0 Å². The van der Waals surface area contributed by atoms with Crippen LogP contribution < -0.4 is 14.9 Å². The van der Waals surface area contributed by atoms with E-state index in [1.165, 1.54) is 0 Å². The number of methoxy groups -OCH3 is 1. The summed E-state index contributed by atoms with van der Waals surface area (Å²) in [6, 6.07) is 21.8. The molecule has 31 heavy (non-hydrogen) atoms. The zero-order valence-electron chi connectivity index (χ0n) is 17.6. The molecule has 0 aromatic heterocycles. The fraction of sp³-hybridized carbons (Fsp3) is 0.200. The fourth-order valence-electron chi connectivity index (χ4n) is 3.24. The number of nitrogens with zero attached hydrogens (tertiary/aromatic N) is 2. The number of ether oxygens (including phenoxy) is 2. The highest BCUT2D eigenvalue weighted by atomic mass is 79.9. The molecule has 1 aliphatic heterocycles. The Morgan fingerprint density at radius 2 is 1.61 bits per heavy atom. The van der Waals surface area contributed by atoms with Crippen molar-refractivity contribution in [1.82, 2.24) is 5.43 Å². The summed E-state index contributed by atoms with van der Waals surface area (Å²) in [5.74, 6) is 2.30. The predicted octanol–water partition coefficient (Wildman–Crippen LogP) is 6.07. The summed E-state index contributed by atoms with van der Waals surface area (Å²) >= 11 is 3.48. The van der Waals surface area contributed by atoms with Crippen LogP contribution in [0.2, 0.25) is 0 Å². The topological polar surface area (TPSA) is 55.2 Å². The Balaban J connectivity index is 1.71. The van der Waals surface area contributed by atoms with Crippen molar-refractivity contribution < 1.29 is 9.47 Å². The van der Waals surface area contributed by atoms with Crippen molar-refractivity contribution in [3.05, 3.63) is 87.9 Å². The Morgan fingerprint density at radius 1 is 0.903 bits per heavy atom. The number of amidine groups is 1. The van der Waals surface area contributed by atoms with E-state index in [1.54, 1.807) is 7.11 Å². The molecule has 0 radical (unpaired) electrons. The highest BCUT2D eigenvalue weighted by Crippen LogP contribution is 2.30. The van der Waals surface area contributed by atoms with Crippen LogP contribution in [-0.4, -0.2) is 25.3 Å². The van der Waals surface area contributed by atoms with Gasteiger partial charge in [0.05, 0.1) is 19.4 Å². The molecule has 0 bridgehead atoms. The number of benzene rings is 3. The van der Waals surface area contributed by atoms with Crippen LogP contribution in [0, 0.1) is 0 Å². The van der Waals surface area contributed by atoms with Crippen molar-refractivity contribution in [2.75, 3.05) is 13.7 Å². The van der Waals surface area contributed by atoms with Gasteiger partial charge in [-0.1, -0.05) is 41.4 Å². The van der Waals surface area contributed by atoms with E-state index in [0.29, 0.717) is 5.84 Å². The second kappa shape index (κ2) is 9.79. The first kappa shape index (κ1) is 21.1. The molecule has 1 aliphatic rings. The number of aliphatic imine (C=N–C) groups is 1. The zero-order valence-corrected chi connectivity index (χ0v) is 19.1. The molecule has 1 heterocycles. The van der Waals surface area contributed by atoms with Crippen molar-refractivity contribution in [2.45, 2.75) is 19.8 Å². The monoisotopic (exact) mass is 477 g/mol. The molecule has 5 nitrogen and oxygen atoms in total. The van der Waals surface area contributed by atoms with E-state index in [0.717, 1.165) is 63.5 Å². The molecule has 0 amide bonds. The molecule has 4 rings (SSSR count). The van der Waals surface area contributed by atoms with E-state index in [2.05, 4.69) is 28.3 Å². The maximum Gasteiger partial charge on any atom is 0.154 e. The van der Waals surface area contributed by atoms with Crippen molar-refractivity contribution in [2.24, 2.45) is 10.1 Å². The van der Waals surface area contributed by atoms with Gasteiger partial charge in [0.25, 0.3) is 0 Å². The van der Waals surface area contributed by atoms with Gasteiger partial charge in [0.15, 0.2) is 5.84 Å². The molecule has 6 heteroatoms. The smallest absolute Gasteiger partial charge is 0.154 e. The Kier molecular flexibility index (Phi) is 6.67. The Morgan fingerprint density at radius 3 is 2.32 bits per heavy atom. The third-order valence-corrected chi connectivity index (χ3v) is 5.51. The number of nitrogens with one attached hydrogen (secondary N) is 1. The lowest BCUT2D eigenvalue weighted by Crippen LogP contribution is -2.19. The summed E-state index contributed by atoms with van der Waals surface area (Å²) in [7, 11) is 1.66. The van der Waals surface area contributed by atoms with Crippen LogP contribution >= 0.6 is 15.9 Å². The molecule has 3 aromatic carbocycles. The van der Waals surface area contributed by atoms with Gasteiger partial charge < -0.3 is 9.47 Å². The Bertz CT molecular complexity index is 1110. The maximum absolute atomic E-state index is 5.80. The lowest BCUT2D eigenvalue weighted by molar-refractivity contribution is 0.309. The van der Waals surface area contributed by atoms with Gasteiger partial charge in [-0.05, 0) is 61.0 Å². The molecule has 0 atom stereocenters. The van der Waals surface area contributed by atoms with Crippen molar-refractivity contribution >= 4 is 33.2 Å². The molecule has 0 saturated carbocycles. The van der Waals surface area contributed by atoms with Crippen molar-refractivity contribution in [3.8, 4) is 11.5 Å². The summed E-state index contributed by atoms with van der Waals surface area (Å²) < 4.78 is 12.3. The van der Waals surface area contributed by atoms with Crippen LogP contribution in [0.5, 0.6) is 11.5 Å². The average molecular weight is 478 g/mol. The number of hydrogen-bond acceptors (Lipinski definition) is 5. The fourth-order valence-corrected chi connectivity index (χ4v) is 3.51. The molecular weight excluding hydrogens is 454 g/mol. The molecular formula is C25H24BrN3O2. The molecule has 1 N–H and O–H groups in total. The van der Waals surface area contributed by atoms with Crippen molar-refractivity contribution in [3.63, 3.8) is 0 Å². The summed E-state index contributed by atoms with van der Waals surface area (Å²) in [6.45, 7) is 2.88. The predicted molar refractivity (Wildman–Crippen MR) is 129 cm³/mol. The molecule has 0 spiro atoms. The first-order valence-corrected chi connectivity index (χ1v) is 11.1. The minimum absolute atomic E-state index is 0.688. The lowest BCUT2D eigenvalue weighted by atomic mass is 10.0. The minimum atomic E-state index is 0.688. The van der Waals surface area contributed by atoms with E-state index in [9.17, 15) is 0 Å². The SMILES string of the molecule is CCCCOc1ccc(C2=NNC(c3ccc(Br)cc3)=Nc3ccc(OC)cc32)cc1. The molecule has 0 fully saturated rings. The third kappa shape index (κ3) is 4.97. The number of hydrazone groups is 1. The van der Waals surface area contributed by atoms with Crippen LogP contribution in [0.25, 0.3) is 0 Å². The van der Waals surface area contributed by atoms with E-state index in [4.69, 9.17) is 19.6 Å². The molecule has 3 aromatic rings. The Labute approximate surface area is 190 Å². The standard InChI is InChI=1S/C25H24BrN3O2/c1-3-4-15-31-20-11-7-17(8-12-20)24-22-16-21(30-2)13-14-23(22)27-25(29-28-24)18-5-9-19(26)10-6-18/h5-14,16H,3-4,15H2,1-2H3,(H,27,29). The number of unbranched alkanes of at least 4 members (excludes halogenated alkanes) is 1. The van der Waals surface area contributed by atoms with Gasteiger partial charge in [-0.25, -0.2) is 4.99 Å². The second-order valence-electron chi connectivity index (χ2n) is 7.15. The number of rotatable bonds is 7. The first-order chi connectivity index (χ1) is 15.2. The number of fused-ring (bicyclic) bond motifs is 1. The van der Waals surface area contributed by atoms with Crippen LogP contribution in [0.15, 0.2) is 81.3 Å². The highest BCUT2D eigenvalue weighted by molar-refractivity contribution is 9.10. The molecule has 158 valence electrons. The minimum Gasteiger partial charge on any atom is -0.497 e. The first-order valence-electron chi connectivity index (χ1n) is 10.3. The van der Waals surface area contributed by atoms with E-state index in [1.807, 2.05) is 66.7 Å². The lowest BCUT2D eigenvalue weighted by Gasteiger charge is -2.11. The zero-order chi connectivity index (χ0) is 21.6.